The summed E-state index contributed by atoms with van der Waals surface area (Å²) in [5.41, 5.74) is 0.132. The number of ether oxygens (including phenoxy) is 1. The Morgan fingerprint density at radius 1 is 1.29 bits per heavy atom. The van der Waals surface area contributed by atoms with Crippen molar-refractivity contribution in [2.75, 3.05) is 39.3 Å². The number of nitrogens with one attached hydrogen (secondary N) is 1. The first-order valence-corrected chi connectivity index (χ1v) is 14.7. The molecule has 42 heavy (non-hydrogen) atoms. The van der Waals surface area contributed by atoms with Gasteiger partial charge in [0.15, 0.2) is 10.8 Å². The highest BCUT2D eigenvalue weighted by molar-refractivity contribution is 7.11. The minimum Gasteiger partial charge on any atom is -0.481 e. The van der Waals surface area contributed by atoms with Crippen LogP contribution in [0.4, 0.5) is 13.2 Å². The molecule has 1 aromatic carbocycles. The lowest BCUT2D eigenvalue weighted by Gasteiger charge is -2.32. The highest BCUT2D eigenvalue weighted by atomic mass is 32.1. The molecule has 3 aliphatic rings. The molecule has 5 rings (SSSR count). The van der Waals surface area contributed by atoms with Gasteiger partial charge in [0.25, 0.3) is 5.92 Å². The van der Waals surface area contributed by atoms with E-state index in [9.17, 15) is 19.1 Å². The Morgan fingerprint density at radius 2 is 2.05 bits per heavy atom. The fraction of sp³-hybridized carbons (Fsp3) is 0.517. The van der Waals surface area contributed by atoms with E-state index in [-0.39, 0.29) is 38.4 Å². The predicted octanol–water partition coefficient (Wildman–Crippen LogP) is 3.86. The van der Waals surface area contributed by atoms with Crippen molar-refractivity contribution in [1.29, 1.82) is 0 Å². The number of carboxylic acid groups (broad SMARTS) is 1. The van der Waals surface area contributed by atoms with Gasteiger partial charge in [-0.3, -0.25) is 14.7 Å². The number of benzene rings is 1. The third-order valence-electron chi connectivity index (χ3n) is 8.21. The first kappa shape index (κ1) is 30.2. The zero-order valence-corrected chi connectivity index (χ0v) is 24.7. The molecule has 3 atom stereocenters. The van der Waals surface area contributed by atoms with Crippen molar-refractivity contribution in [3.05, 3.63) is 63.0 Å². The highest BCUT2D eigenvalue weighted by Gasteiger charge is 2.58. The lowest BCUT2D eigenvalue weighted by Crippen LogP contribution is -2.44. The molecule has 13 heteroatoms. The van der Waals surface area contributed by atoms with Crippen LogP contribution in [-0.4, -0.2) is 89.0 Å². The molecule has 4 heterocycles. The second-order valence-corrected chi connectivity index (χ2v) is 12.5. The third kappa shape index (κ3) is 5.69. The monoisotopic (exact) mass is 605 g/mol. The lowest BCUT2D eigenvalue weighted by atomic mass is 9.92. The van der Waals surface area contributed by atoms with Crippen LogP contribution in [0, 0.1) is 24.1 Å². The molecular weight excluding hydrogens is 571 g/mol. The van der Waals surface area contributed by atoms with Gasteiger partial charge in [-0.15, -0.1) is 11.3 Å². The normalized spacial score (nSPS) is 24.4. The van der Waals surface area contributed by atoms with Gasteiger partial charge in [-0.05, 0) is 44.9 Å². The van der Waals surface area contributed by atoms with Gasteiger partial charge in [-0.25, -0.2) is 22.9 Å². The summed E-state index contributed by atoms with van der Waals surface area (Å²) in [6, 6.07) is 3.03. The Hall–Kier alpha value is -3.29. The van der Waals surface area contributed by atoms with E-state index in [1.807, 2.05) is 0 Å². The number of carboxylic acids is 1. The number of hydrogen-bond acceptors (Lipinski definition) is 9. The van der Waals surface area contributed by atoms with Crippen molar-refractivity contribution in [2.24, 2.45) is 16.3 Å². The molecule has 3 aliphatic heterocycles. The Bertz CT molecular complexity index is 1430. The summed E-state index contributed by atoms with van der Waals surface area (Å²) in [7, 11) is 0. The molecule has 1 aromatic heterocycles. The Labute approximate surface area is 246 Å². The van der Waals surface area contributed by atoms with Crippen molar-refractivity contribution in [2.45, 2.75) is 45.7 Å². The predicted molar refractivity (Wildman–Crippen MR) is 151 cm³/mol. The van der Waals surface area contributed by atoms with Gasteiger partial charge >= 0.3 is 11.9 Å². The van der Waals surface area contributed by atoms with E-state index in [2.05, 4.69) is 10.3 Å². The maximum absolute atomic E-state index is 15.4. The van der Waals surface area contributed by atoms with E-state index >= 15 is 8.78 Å². The van der Waals surface area contributed by atoms with Gasteiger partial charge in [0, 0.05) is 49.5 Å². The SMILES string of the molecule is CCOC(=O)C1=C(CN2CC(F)(F)[C@@H]3CN(CC(C)(C)C(=O)O)C[C@@H]32)NC(c2nccs2)=N[C@H]1c1cccc(F)c1C. The molecule has 0 bridgehead atoms. The number of amidine groups is 1. The van der Waals surface area contributed by atoms with Crippen molar-refractivity contribution in [1.82, 2.24) is 20.1 Å². The van der Waals surface area contributed by atoms with Crippen molar-refractivity contribution in [3.8, 4) is 0 Å². The summed E-state index contributed by atoms with van der Waals surface area (Å²) >= 11 is 1.32. The smallest absolute Gasteiger partial charge is 0.338 e. The minimum absolute atomic E-state index is 0.0453. The molecule has 0 unspecified atom stereocenters. The standard InChI is InChI=1S/C29H34F3N5O4S/c1-5-41-26(38)22-20(12-37-15-29(31,32)18-11-36(13-21(18)37)14-28(3,4)27(39)40)34-24(25-33-9-10-42-25)35-23(22)17-7-6-8-19(30)16(17)2/h6-10,18,21,23H,5,11-15H2,1-4H3,(H,34,35)(H,39,40)/t18-,21+,23+/m1/s1. The largest absolute Gasteiger partial charge is 0.481 e. The number of esters is 1. The molecule has 0 aliphatic carbocycles. The van der Waals surface area contributed by atoms with Crippen molar-refractivity contribution >= 4 is 29.1 Å². The summed E-state index contributed by atoms with van der Waals surface area (Å²) in [5.74, 6) is -5.79. The number of carbonyl (C=O) groups is 2. The van der Waals surface area contributed by atoms with E-state index in [1.54, 1.807) is 55.1 Å². The maximum Gasteiger partial charge on any atom is 0.338 e. The molecule has 2 N–H and O–H groups in total. The molecule has 9 nitrogen and oxygen atoms in total. The van der Waals surface area contributed by atoms with Gasteiger partial charge < -0.3 is 20.1 Å². The average Bonchev–Trinajstić information content (AvgIpc) is 3.64. The number of hydrogen-bond donors (Lipinski definition) is 2. The fourth-order valence-corrected chi connectivity index (χ4v) is 6.64. The summed E-state index contributed by atoms with van der Waals surface area (Å²) in [6.07, 6.45) is 1.61. The molecule has 0 saturated carbocycles. The number of rotatable bonds is 9. The molecule has 0 amide bonds. The van der Waals surface area contributed by atoms with Crippen LogP contribution in [0.15, 0.2) is 46.0 Å². The zero-order valence-electron chi connectivity index (χ0n) is 23.9. The number of likely N-dealkylation sites (tertiary alicyclic amines) is 2. The van der Waals surface area contributed by atoms with E-state index in [0.717, 1.165) is 0 Å². The molecule has 0 radical (unpaired) electrons. The number of halogens is 3. The number of alkyl halides is 2. The van der Waals surface area contributed by atoms with Crippen LogP contribution in [0.5, 0.6) is 0 Å². The van der Waals surface area contributed by atoms with Crippen molar-refractivity contribution < 1.29 is 32.6 Å². The zero-order chi connectivity index (χ0) is 30.4. The van der Waals surface area contributed by atoms with Gasteiger partial charge in [0.05, 0.1) is 30.1 Å². The van der Waals surface area contributed by atoms with E-state index in [4.69, 9.17) is 9.73 Å². The average molecular weight is 606 g/mol. The first-order chi connectivity index (χ1) is 19.8. The van der Waals surface area contributed by atoms with Gasteiger partial charge in [-0.1, -0.05) is 12.1 Å². The van der Waals surface area contributed by atoms with Crippen LogP contribution in [0.25, 0.3) is 0 Å². The number of nitrogens with zero attached hydrogens (tertiary/aromatic N) is 4. The van der Waals surface area contributed by atoms with E-state index in [0.29, 0.717) is 27.7 Å². The number of fused-ring (bicyclic) bond motifs is 1. The summed E-state index contributed by atoms with van der Waals surface area (Å²) in [5, 5.41) is 15.1. The Balaban J connectivity index is 1.54. The molecule has 2 aromatic rings. The van der Waals surface area contributed by atoms with E-state index < -0.39 is 53.6 Å². The minimum atomic E-state index is -3.02. The topological polar surface area (TPSA) is 107 Å². The van der Waals surface area contributed by atoms with E-state index in [1.165, 1.54) is 23.5 Å². The lowest BCUT2D eigenvalue weighted by molar-refractivity contribution is -0.148. The summed E-state index contributed by atoms with van der Waals surface area (Å²) < 4.78 is 50.9. The number of aliphatic carboxylic acids is 1. The molecule has 2 saturated heterocycles. The van der Waals surface area contributed by atoms with Crippen molar-refractivity contribution in [3.63, 3.8) is 0 Å². The molecule has 226 valence electrons. The van der Waals surface area contributed by atoms with Gasteiger partial charge in [0.2, 0.25) is 0 Å². The number of aromatic nitrogens is 1. The summed E-state index contributed by atoms with van der Waals surface area (Å²) in [4.78, 5) is 37.7. The Morgan fingerprint density at radius 3 is 2.71 bits per heavy atom. The number of thiazole rings is 1. The third-order valence-corrected chi connectivity index (χ3v) is 8.99. The molecule has 0 spiro atoms. The van der Waals surface area contributed by atoms with Crippen LogP contribution in [-0.2, 0) is 14.3 Å². The number of aliphatic imine (C=N–C) groups is 1. The first-order valence-electron chi connectivity index (χ1n) is 13.8. The van der Waals surface area contributed by atoms with Crippen LogP contribution >= 0.6 is 11.3 Å². The Kier molecular flexibility index (Phi) is 8.20. The van der Waals surface area contributed by atoms with Gasteiger partial charge in [-0.2, -0.15) is 0 Å². The number of carbonyl (C=O) groups excluding carboxylic acids is 1. The maximum atomic E-state index is 15.4. The highest BCUT2D eigenvalue weighted by Crippen LogP contribution is 2.44. The second-order valence-electron chi connectivity index (χ2n) is 11.6. The van der Waals surface area contributed by atoms with Gasteiger partial charge in [0.1, 0.15) is 11.9 Å². The van der Waals surface area contributed by atoms with Crippen LogP contribution in [0.2, 0.25) is 0 Å². The summed E-state index contributed by atoms with van der Waals surface area (Å²) in [6.45, 7) is 6.40. The van der Waals surface area contributed by atoms with Crippen LogP contribution in [0.3, 0.4) is 0 Å². The molecular formula is C29H34F3N5O4S. The van der Waals surface area contributed by atoms with Crippen LogP contribution in [0.1, 0.15) is 42.9 Å². The fourth-order valence-electron chi connectivity index (χ4n) is 6.05. The quantitative estimate of drug-likeness (QED) is 0.415. The van der Waals surface area contributed by atoms with Crippen LogP contribution < -0.4 is 5.32 Å². The second kappa shape index (κ2) is 11.4. The molecule has 2 fully saturated rings.